The van der Waals surface area contributed by atoms with Crippen molar-refractivity contribution in [3.8, 4) is 0 Å². The van der Waals surface area contributed by atoms with Crippen LogP contribution in [0.15, 0.2) is 30.3 Å². The van der Waals surface area contributed by atoms with Crippen molar-refractivity contribution in [1.82, 2.24) is 10.2 Å². The highest BCUT2D eigenvalue weighted by Gasteiger charge is 2.39. The molecule has 1 aromatic rings. The lowest BCUT2D eigenvalue weighted by Crippen LogP contribution is -2.58. The largest absolute Gasteiger partial charge is 0.312 e. The first kappa shape index (κ1) is 16.5. The Morgan fingerprint density at radius 3 is 2.62 bits per heavy atom. The van der Waals surface area contributed by atoms with E-state index < -0.39 is 0 Å². The second-order valence-corrected chi connectivity index (χ2v) is 7.20. The van der Waals surface area contributed by atoms with E-state index >= 15 is 0 Å². The topological polar surface area (TPSA) is 15.3 Å². The van der Waals surface area contributed by atoms with Gasteiger partial charge in [0.05, 0.1) is 0 Å². The molecule has 0 saturated heterocycles. The van der Waals surface area contributed by atoms with E-state index in [1.807, 2.05) is 0 Å². The van der Waals surface area contributed by atoms with Crippen LogP contribution in [0.3, 0.4) is 0 Å². The van der Waals surface area contributed by atoms with Crippen LogP contribution >= 0.6 is 0 Å². The van der Waals surface area contributed by atoms with Gasteiger partial charge in [0.2, 0.25) is 0 Å². The molecule has 21 heavy (non-hydrogen) atoms. The molecule has 1 aliphatic carbocycles. The van der Waals surface area contributed by atoms with E-state index in [2.05, 4.69) is 68.4 Å². The van der Waals surface area contributed by atoms with Gasteiger partial charge in [0.25, 0.3) is 0 Å². The van der Waals surface area contributed by atoms with Crippen LogP contribution in [0.25, 0.3) is 0 Å². The van der Waals surface area contributed by atoms with Crippen molar-refractivity contribution in [2.75, 3.05) is 20.1 Å². The van der Waals surface area contributed by atoms with Gasteiger partial charge < -0.3 is 10.2 Å². The van der Waals surface area contributed by atoms with Gasteiger partial charge in [0.15, 0.2) is 0 Å². The Morgan fingerprint density at radius 2 is 1.95 bits per heavy atom. The van der Waals surface area contributed by atoms with Crippen LogP contribution in [0.1, 0.15) is 45.6 Å². The van der Waals surface area contributed by atoms with E-state index in [0.717, 1.165) is 19.5 Å². The summed E-state index contributed by atoms with van der Waals surface area (Å²) in [4.78, 5) is 2.58. The zero-order chi connectivity index (χ0) is 15.3. The van der Waals surface area contributed by atoms with E-state index in [1.165, 1.54) is 24.8 Å². The summed E-state index contributed by atoms with van der Waals surface area (Å²) in [6, 6.07) is 12.1. The first-order chi connectivity index (χ1) is 10.0. The van der Waals surface area contributed by atoms with Crippen molar-refractivity contribution in [3.63, 3.8) is 0 Å². The second-order valence-electron chi connectivity index (χ2n) is 7.20. The fourth-order valence-electron chi connectivity index (χ4n) is 3.83. The molecular weight excluding hydrogens is 256 g/mol. The van der Waals surface area contributed by atoms with E-state index in [0.29, 0.717) is 17.5 Å². The molecule has 0 radical (unpaired) electrons. The van der Waals surface area contributed by atoms with Crippen molar-refractivity contribution in [2.24, 2.45) is 5.41 Å². The summed E-state index contributed by atoms with van der Waals surface area (Å²) in [6.45, 7) is 9.30. The molecule has 0 amide bonds. The van der Waals surface area contributed by atoms with Crippen LogP contribution in [0, 0.1) is 5.41 Å². The Morgan fingerprint density at radius 1 is 1.24 bits per heavy atom. The Hall–Kier alpha value is -0.860. The van der Waals surface area contributed by atoms with Gasteiger partial charge in [-0.15, -0.1) is 0 Å². The van der Waals surface area contributed by atoms with E-state index in [9.17, 15) is 0 Å². The summed E-state index contributed by atoms with van der Waals surface area (Å²) in [7, 11) is 2.30. The number of nitrogens with zero attached hydrogens (tertiary/aromatic N) is 1. The number of benzene rings is 1. The van der Waals surface area contributed by atoms with E-state index in [4.69, 9.17) is 0 Å². The van der Waals surface area contributed by atoms with Crippen molar-refractivity contribution in [1.29, 1.82) is 0 Å². The second kappa shape index (κ2) is 7.42. The third kappa shape index (κ3) is 4.31. The van der Waals surface area contributed by atoms with Crippen LogP contribution in [-0.2, 0) is 6.42 Å². The maximum absolute atomic E-state index is 3.76. The maximum atomic E-state index is 3.76. The fourth-order valence-corrected chi connectivity index (χ4v) is 3.83. The zero-order valence-electron chi connectivity index (χ0n) is 14.2. The van der Waals surface area contributed by atoms with Crippen LogP contribution in [0.5, 0.6) is 0 Å². The lowest BCUT2D eigenvalue weighted by atomic mass is 9.70. The molecule has 0 aliphatic heterocycles. The Balaban J connectivity index is 1.97. The van der Waals surface area contributed by atoms with Gasteiger partial charge in [-0.2, -0.15) is 0 Å². The molecule has 0 heterocycles. The summed E-state index contributed by atoms with van der Waals surface area (Å²) < 4.78 is 0. The number of hydrogen-bond donors (Lipinski definition) is 1. The number of rotatable bonds is 6. The number of hydrogen-bond acceptors (Lipinski definition) is 2. The lowest BCUT2D eigenvalue weighted by Gasteiger charge is -2.48. The van der Waals surface area contributed by atoms with Crippen LogP contribution in [-0.4, -0.2) is 37.1 Å². The SMILES string of the molecule is CCNC1C(N(C)CCc2ccccc2)CCCC1(C)C. The first-order valence-electron chi connectivity index (χ1n) is 8.52. The van der Waals surface area contributed by atoms with Gasteiger partial charge in [-0.1, -0.05) is 57.5 Å². The third-order valence-electron chi connectivity index (χ3n) is 5.13. The highest BCUT2D eigenvalue weighted by molar-refractivity contribution is 5.15. The highest BCUT2D eigenvalue weighted by Crippen LogP contribution is 2.37. The van der Waals surface area contributed by atoms with Gasteiger partial charge in [-0.25, -0.2) is 0 Å². The maximum Gasteiger partial charge on any atom is 0.0274 e. The van der Waals surface area contributed by atoms with Crippen molar-refractivity contribution >= 4 is 0 Å². The molecule has 0 spiro atoms. The Bertz CT molecular complexity index is 413. The molecule has 1 aromatic carbocycles. The molecule has 2 rings (SSSR count). The molecule has 1 N–H and O–H groups in total. The Labute approximate surface area is 130 Å². The van der Waals surface area contributed by atoms with Gasteiger partial charge in [-0.05, 0) is 43.8 Å². The minimum Gasteiger partial charge on any atom is -0.312 e. The molecule has 1 aliphatic rings. The van der Waals surface area contributed by atoms with Crippen LogP contribution < -0.4 is 5.32 Å². The third-order valence-corrected chi connectivity index (χ3v) is 5.13. The predicted molar refractivity (Wildman–Crippen MR) is 91.7 cm³/mol. The van der Waals surface area contributed by atoms with E-state index in [-0.39, 0.29) is 0 Å². The minimum atomic E-state index is 0.403. The predicted octanol–water partition coefficient (Wildman–Crippen LogP) is 3.72. The first-order valence-corrected chi connectivity index (χ1v) is 8.52. The molecule has 118 valence electrons. The highest BCUT2D eigenvalue weighted by atomic mass is 15.2. The Kier molecular flexibility index (Phi) is 5.83. The lowest BCUT2D eigenvalue weighted by molar-refractivity contribution is 0.0643. The summed E-state index contributed by atoms with van der Waals surface area (Å²) in [6.07, 6.45) is 5.17. The monoisotopic (exact) mass is 288 g/mol. The van der Waals surface area contributed by atoms with Crippen molar-refractivity contribution in [3.05, 3.63) is 35.9 Å². The quantitative estimate of drug-likeness (QED) is 0.858. The number of nitrogens with one attached hydrogen (secondary N) is 1. The molecule has 1 fully saturated rings. The molecule has 0 aromatic heterocycles. The zero-order valence-corrected chi connectivity index (χ0v) is 14.2. The minimum absolute atomic E-state index is 0.403. The van der Waals surface area contributed by atoms with Crippen molar-refractivity contribution < 1.29 is 0 Å². The summed E-state index contributed by atoms with van der Waals surface area (Å²) in [5, 5.41) is 3.76. The average molecular weight is 288 g/mol. The summed E-state index contributed by atoms with van der Waals surface area (Å²) >= 11 is 0. The van der Waals surface area contributed by atoms with Gasteiger partial charge in [0, 0.05) is 18.6 Å². The molecule has 2 unspecified atom stereocenters. The smallest absolute Gasteiger partial charge is 0.0274 e. The summed E-state index contributed by atoms with van der Waals surface area (Å²) in [5.74, 6) is 0. The fraction of sp³-hybridized carbons (Fsp3) is 0.684. The average Bonchev–Trinajstić information content (AvgIpc) is 2.48. The van der Waals surface area contributed by atoms with Crippen LogP contribution in [0.2, 0.25) is 0 Å². The van der Waals surface area contributed by atoms with Gasteiger partial charge >= 0.3 is 0 Å². The number of likely N-dealkylation sites (N-methyl/N-ethyl adjacent to an activating group) is 2. The van der Waals surface area contributed by atoms with E-state index in [1.54, 1.807) is 0 Å². The van der Waals surface area contributed by atoms with Crippen molar-refractivity contribution in [2.45, 2.75) is 58.5 Å². The van der Waals surface area contributed by atoms with Gasteiger partial charge in [0.1, 0.15) is 0 Å². The molecule has 1 saturated carbocycles. The molecule has 0 bridgehead atoms. The molecule has 2 heteroatoms. The summed E-state index contributed by atoms with van der Waals surface area (Å²) in [5.41, 5.74) is 1.85. The molecule has 2 atom stereocenters. The molecular formula is C19H32N2. The standard InChI is InChI=1S/C19H32N2/c1-5-20-18-17(12-9-14-19(18,2)3)21(4)15-13-16-10-7-6-8-11-16/h6-8,10-11,17-18,20H,5,9,12-15H2,1-4H3. The normalized spacial score (nSPS) is 25.2. The molecule has 2 nitrogen and oxygen atoms in total. The van der Waals surface area contributed by atoms with Gasteiger partial charge in [-0.3, -0.25) is 0 Å². The van der Waals surface area contributed by atoms with Crippen LogP contribution in [0.4, 0.5) is 0 Å².